The summed E-state index contributed by atoms with van der Waals surface area (Å²) in [6.45, 7) is 14.0. The summed E-state index contributed by atoms with van der Waals surface area (Å²) in [7, 11) is 5.22. The van der Waals surface area contributed by atoms with E-state index in [0.717, 1.165) is 12.6 Å². The first kappa shape index (κ1) is 41.7. The van der Waals surface area contributed by atoms with Gasteiger partial charge >= 0.3 is 18.0 Å². The van der Waals surface area contributed by atoms with Crippen LogP contribution in [0.2, 0.25) is 0 Å². The van der Waals surface area contributed by atoms with Gasteiger partial charge in [-0.05, 0) is 79.1 Å². The second kappa shape index (κ2) is 16.0. The zero-order valence-corrected chi connectivity index (χ0v) is 33.5. The molecule has 0 aliphatic carbocycles. The Morgan fingerprint density at radius 2 is 1.72 bits per heavy atom. The van der Waals surface area contributed by atoms with Crippen LogP contribution in [0.3, 0.4) is 0 Å². The minimum absolute atomic E-state index is 0.190. The zero-order valence-electron chi connectivity index (χ0n) is 33.5. The molecule has 0 spiro atoms. The monoisotopic (exact) mass is 759 g/mol. The highest BCUT2D eigenvalue weighted by atomic mass is 19.1. The van der Waals surface area contributed by atoms with Crippen molar-refractivity contribution in [1.29, 1.82) is 0 Å². The van der Waals surface area contributed by atoms with Gasteiger partial charge in [-0.25, -0.2) is 18.8 Å². The summed E-state index contributed by atoms with van der Waals surface area (Å²) in [5.41, 5.74) is -4.68. The molecule has 13 atom stereocenters. The molecule has 0 saturated carbocycles. The molecule has 0 radical (unpaired) electrons. The SMILES string of the molecule is CC[C@@H]1OC(=O)C(C)(F)C(=O)[C@H](C)[C@@H](O[C@@H]2O[C@H](C)C[C@H](N(C)C)[C@H]2OC(=O)c2ccccc2)[C@@](C)(OC)C[C@@H](C)C2=NCCN3C(=O)O[C@@]1(C)[C@H]3[C@@H]2C. The second-order valence-corrected chi connectivity index (χ2v) is 16.2. The van der Waals surface area contributed by atoms with Gasteiger partial charge in [0.05, 0.1) is 42.0 Å². The highest BCUT2D eigenvalue weighted by molar-refractivity contribution is 6.08. The summed E-state index contributed by atoms with van der Waals surface area (Å²) >= 11 is 0. The Labute approximate surface area is 318 Å². The van der Waals surface area contributed by atoms with Gasteiger partial charge in [-0.3, -0.25) is 14.7 Å². The van der Waals surface area contributed by atoms with Gasteiger partial charge < -0.3 is 33.3 Å². The third-order valence-corrected chi connectivity index (χ3v) is 12.1. The van der Waals surface area contributed by atoms with Crippen LogP contribution in [0.4, 0.5) is 9.18 Å². The van der Waals surface area contributed by atoms with Crippen molar-refractivity contribution in [1.82, 2.24) is 9.80 Å². The van der Waals surface area contributed by atoms with E-state index < -0.39 is 77.2 Å². The number of alkyl halides is 1. The molecule has 13 nitrogen and oxygen atoms in total. The van der Waals surface area contributed by atoms with Gasteiger partial charge in [0, 0.05) is 31.2 Å². The van der Waals surface area contributed by atoms with Crippen molar-refractivity contribution in [2.24, 2.45) is 22.7 Å². The molecule has 1 unspecified atom stereocenters. The molecule has 1 aromatic rings. The molecule has 300 valence electrons. The maximum atomic E-state index is 16.9. The first-order valence-electron chi connectivity index (χ1n) is 19.1. The number of rotatable bonds is 7. The number of esters is 2. The lowest BCUT2D eigenvalue weighted by Crippen LogP contribution is -2.62. The summed E-state index contributed by atoms with van der Waals surface area (Å²) in [6, 6.07) is 7.60. The molecule has 4 aliphatic rings. The zero-order chi connectivity index (χ0) is 39.9. The molecule has 54 heavy (non-hydrogen) atoms. The van der Waals surface area contributed by atoms with Crippen molar-refractivity contribution >= 4 is 29.5 Å². The van der Waals surface area contributed by atoms with Crippen molar-refractivity contribution in [3.05, 3.63) is 35.9 Å². The maximum absolute atomic E-state index is 16.9. The number of nitrogens with zero attached hydrogens (tertiary/aromatic N) is 3. The Kier molecular flexibility index (Phi) is 12.3. The van der Waals surface area contributed by atoms with Gasteiger partial charge in [0.15, 0.2) is 23.8 Å². The largest absolute Gasteiger partial charge is 0.455 e. The predicted octanol–water partition coefficient (Wildman–Crippen LogP) is 5.03. The lowest BCUT2D eigenvalue weighted by atomic mass is 9.73. The number of fused-ring (bicyclic) bond motifs is 1. The normalized spacial score (nSPS) is 40.6. The second-order valence-electron chi connectivity index (χ2n) is 16.2. The number of halogens is 1. The van der Waals surface area contributed by atoms with Gasteiger partial charge in [0.2, 0.25) is 0 Å². The van der Waals surface area contributed by atoms with Crippen LogP contribution in [0.15, 0.2) is 35.3 Å². The fourth-order valence-electron chi connectivity index (χ4n) is 9.19. The Morgan fingerprint density at radius 3 is 2.33 bits per heavy atom. The number of carbonyl (C=O) groups is 4. The van der Waals surface area contributed by atoms with Gasteiger partial charge in [-0.2, -0.15) is 0 Å². The summed E-state index contributed by atoms with van der Waals surface area (Å²) in [5, 5.41) is 0. The fourth-order valence-corrected chi connectivity index (χ4v) is 9.19. The Morgan fingerprint density at radius 1 is 1.06 bits per heavy atom. The van der Waals surface area contributed by atoms with Crippen LogP contribution in [0.25, 0.3) is 0 Å². The Bertz CT molecular complexity index is 1590. The number of aliphatic imine (C=N–C) groups is 1. The first-order chi connectivity index (χ1) is 25.3. The molecule has 4 aliphatic heterocycles. The molecule has 4 heterocycles. The number of cyclic esters (lactones) is 1. The summed E-state index contributed by atoms with van der Waals surface area (Å²) in [6.07, 6.45) is -4.48. The molecule has 5 rings (SSSR count). The van der Waals surface area contributed by atoms with Crippen molar-refractivity contribution < 1.29 is 52.0 Å². The maximum Gasteiger partial charge on any atom is 0.410 e. The summed E-state index contributed by atoms with van der Waals surface area (Å²) in [4.78, 5) is 63.6. The summed E-state index contributed by atoms with van der Waals surface area (Å²) in [5.74, 6) is -5.05. The van der Waals surface area contributed by atoms with Crippen LogP contribution in [0, 0.1) is 17.8 Å². The highest BCUT2D eigenvalue weighted by Gasteiger charge is 2.62. The quantitative estimate of drug-likeness (QED) is 0.210. The lowest BCUT2D eigenvalue weighted by Gasteiger charge is -2.48. The molecular formula is C40H58FN3O10. The van der Waals surface area contributed by atoms with Crippen LogP contribution in [-0.4, -0.2) is 133 Å². The van der Waals surface area contributed by atoms with E-state index in [1.54, 1.807) is 56.0 Å². The van der Waals surface area contributed by atoms with Gasteiger partial charge in [-0.15, -0.1) is 0 Å². The number of hydrogen-bond donors (Lipinski definition) is 0. The minimum atomic E-state index is -3.13. The molecule has 2 bridgehead atoms. The fraction of sp³-hybridized carbons (Fsp3) is 0.725. The van der Waals surface area contributed by atoms with Gasteiger partial charge in [0.1, 0.15) is 6.10 Å². The molecule has 1 amide bonds. The molecule has 3 fully saturated rings. The van der Waals surface area contributed by atoms with Crippen molar-refractivity contribution in [3.63, 3.8) is 0 Å². The van der Waals surface area contributed by atoms with Crippen molar-refractivity contribution in [2.75, 3.05) is 34.3 Å². The van der Waals surface area contributed by atoms with Gasteiger partial charge in [0.25, 0.3) is 5.67 Å². The van der Waals surface area contributed by atoms with E-state index in [2.05, 4.69) is 0 Å². The molecule has 0 aromatic heterocycles. The lowest BCUT2D eigenvalue weighted by molar-refractivity contribution is -0.294. The van der Waals surface area contributed by atoms with E-state index in [0.29, 0.717) is 18.5 Å². The van der Waals surface area contributed by atoms with E-state index >= 15 is 4.39 Å². The van der Waals surface area contributed by atoms with Crippen LogP contribution in [0.1, 0.15) is 85.0 Å². The third kappa shape index (κ3) is 7.68. The molecule has 3 saturated heterocycles. The molecular weight excluding hydrogens is 701 g/mol. The average Bonchev–Trinajstić information content (AvgIpc) is 3.25. The van der Waals surface area contributed by atoms with E-state index in [-0.39, 0.29) is 43.4 Å². The Hall–Kier alpha value is -3.46. The number of ether oxygens (including phenoxy) is 6. The van der Waals surface area contributed by atoms with Gasteiger partial charge in [-0.1, -0.05) is 45.9 Å². The van der Waals surface area contributed by atoms with E-state index in [9.17, 15) is 19.2 Å². The van der Waals surface area contributed by atoms with E-state index in [1.165, 1.54) is 14.0 Å². The topological polar surface area (TPSA) is 142 Å². The van der Waals surface area contributed by atoms with Crippen LogP contribution in [-0.2, 0) is 38.0 Å². The van der Waals surface area contributed by atoms with Crippen LogP contribution in [0.5, 0.6) is 0 Å². The molecule has 0 N–H and O–H groups in total. The molecule has 1 aromatic carbocycles. The van der Waals surface area contributed by atoms with Crippen LogP contribution >= 0.6 is 0 Å². The molecule has 14 heteroatoms. The van der Waals surface area contributed by atoms with Crippen molar-refractivity contribution in [2.45, 2.75) is 134 Å². The standard InChI is InChI=1S/C40H58FN3O10/c1-12-28-40(8)31-24(4)29(42-18-19-44(31)37(48)54-40)22(2)21-38(6,49-11)33(25(5)32(45)39(7,41)36(47)51-28)53-35-30(27(43(9)10)20-23(3)50-35)52-34(46)26-16-14-13-15-17-26/h13-17,22-25,27-28,30-31,33,35H,12,18-21H2,1-11H3/t22-,23-,24-,25+,27+,28+,30-,31-,33-,35+,38+,39?,40-/m1/s1. The number of benzene rings is 1. The smallest absolute Gasteiger partial charge is 0.410 e. The minimum Gasteiger partial charge on any atom is -0.455 e. The number of amides is 1. The number of methoxy groups -OCH3 is 1. The van der Waals surface area contributed by atoms with E-state index in [1.807, 2.05) is 39.8 Å². The summed E-state index contributed by atoms with van der Waals surface area (Å²) < 4.78 is 54.4. The Balaban J connectivity index is 1.61. The van der Waals surface area contributed by atoms with E-state index in [4.69, 9.17) is 33.4 Å². The highest BCUT2D eigenvalue weighted by Crippen LogP contribution is 2.44. The number of likely N-dealkylation sites (N-methyl/N-ethyl adjacent to an activating group) is 1. The first-order valence-corrected chi connectivity index (χ1v) is 19.1. The number of carbonyl (C=O) groups excluding carboxylic acids is 4. The predicted molar refractivity (Wildman–Crippen MR) is 197 cm³/mol. The number of hydrogen-bond acceptors (Lipinski definition) is 12. The van der Waals surface area contributed by atoms with Crippen LogP contribution < -0.4 is 0 Å². The number of Topliss-reactive ketones (excluding diaryl/α,β-unsaturated/α-hetero) is 1. The number of ketones is 1. The third-order valence-electron chi connectivity index (χ3n) is 12.1. The van der Waals surface area contributed by atoms with Crippen molar-refractivity contribution in [3.8, 4) is 0 Å². The average molecular weight is 760 g/mol.